The van der Waals surface area contributed by atoms with Gasteiger partial charge in [0.25, 0.3) is 5.91 Å². The van der Waals surface area contributed by atoms with Crippen molar-refractivity contribution in [2.75, 3.05) is 13.2 Å². The Labute approximate surface area is 249 Å². The molecule has 0 unspecified atom stereocenters. The minimum Gasteiger partial charge on any atom is -0.494 e. The van der Waals surface area contributed by atoms with Crippen molar-refractivity contribution in [3.8, 4) is 23.0 Å². The van der Waals surface area contributed by atoms with E-state index in [1.807, 2.05) is 67.6 Å². The molecule has 5 aromatic carbocycles. The summed E-state index contributed by atoms with van der Waals surface area (Å²) in [6.45, 7) is 2.64. The summed E-state index contributed by atoms with van der Waals surface area (Å²) in [6.07, 6.45) is 1.46. The first-order chi connectivity index (χ1) is 21.1. The molecule has 43 heavy (non-hydrogen) atoms. The number of carbonyl (C=O) groups is 2. The fraction of sp³-hybridized carbons (Fsp3) is 0.114. The molecule has 1 amide bonds. The number of ether oxygens (including phenoxy) is 4. The number of hydrogen-bond donors (Lipinski definition) is 1. The van der Waals surface area contributed by atoms with E-state index in [4.69, 9.17) is 18.9 Å². The maximum Gasteiger partial charge on any atom is 0.343 e. The summed E-state index contributed by atoms with van der Waals surface area (Å²) < 4.78 is 22.5. The van der Waals surface area contributed by atoms with Gasteiger partial charge < -0.3 is 18.9 Å². The van der Waals surface area contributed by atoms with Crippen LogP contribution in [0.4, 0.5) is 0 Å². The number of hydrogen-bond acceptors (Lipinski definition) is 7. The van der Waals surface area contributed by atoms with Crippen LogP contribution in [0.1, 0.15) is 28.4 Å². The van der Waals surface area contributed by atoms with E-state index >= 15 is 0 Å². The molecule has 0 fully saturated rings. The van der Waals surface area contributed by atoms with E-state index in [1.165, 1.54) is 6.21 Å². The van der Waals surface area contributed by atoms with Crippen molar-refractivity contribution in [1.29, 1.82) is 0 Å². The van der Waals surface area contributed by atoms with Crippen LogP contribution in [-0.4, -0.2) is 31.3 Å². The van der Waals surface area contributed by atoms with Crippen molar-refractivity contribution in [2.45, 2.75) is 13.5 Å². The number of carbonyl (C=O) groups excluding carboxylic acids is 2. The van der Waals surface area contributed by atoms with Crippen LogP contribution in [0.5, 0.6) is 23.0 Å². The number of nitrogens with zero attached hydrogens (tertiary/aromatic N) is 1. The molecule has 5 rings (SSSR count). The summed E-state index contributed by atoms with van der Waals surface area (Å²) in [6, 6.07) is 34.8. The normalized spacial score (nSPS) is 10.8. The first-order valence-electron chi connectivity index (χ1n) is 13.8. The van der Waals surface area contributed by atoms with Gasteiger partial charge in [-0.05, 0) is 77.9 Å². The van der Waals surface area contributed by atoms with Gasteiger partial charge in [0.2, 0.25) is 0 Å². The first kappa shape index (κ1) is 28.9. The molecule has 0 radical (unpaired) electrons. The topological polar surface area (TPSA) is 95.5 Å². The lowest BCUT2D eigenvalue weighted by atomic mass is 10.0. The van der Waals surface area contributed by atoms with E-state index in [-0.39, 0.29) is 6.61 Å². The zero-order valence-corrected chi connectivity index (χ0v) is 23.6. The van der Waals surface area contributed by atoms with E-state index in [1.54, 1.807) is 54.6 Å². The number of amides is 1. The molecule has 0 heterocycles. The van der Waals surface area contributed by atoms with Gasteiger partial charge in [0.1, 0.15) is 29.6 Å². The Kier molecular flexibility index (Phi) is 9.62. The first-order valence-corrected chi connectivity index (χ1v) is 13.8. The summed E-state index contributed by atoms with van der Waals surface area (Å²) in [4.78, 5) is 25.3. The standard InChI is InChI=1S/C35H30N2O6/c1-2-40-28-15-12-27(13-16-28)35(39)43-33-21-14-26-10-6-7-11-31(26)32(33)22-36-37-34(38)24-42-30-19-17-29(18-20-30)41-23-25-8-4-3-5-9-25/h3-22H,2,23-24H2,1H3,(H,37,38)/b36-22+. The molecule has 0 aliphatic carbocycles. The minimum absolute atomic E-state index is 0.239. The highest BCUT2D eigenvalue weighted by atomic mass is 16.5. The molecule has 5 aromatic rings. The average molecular weight is 575 g/mol. The van der Waals surface area contributed by atoms with Gasteiger partial charge in [-0.2, -0.15) is 5.10 Å². The predicted octanol–water partition coefficient (Wildman–Crippen LogP) is 6.57. The third-order valence-electron chi connectivity index (χ3n) is 6.36. The minimum atomic E-state index is -0.526. The second kappa shape index (κ2) is 14.3. The van der Waals surface area contributed by atoms with Crippen molar-refractivity contribution in [2.24, 2.45) is 5.10 Å². The number of fused-ring (bicyclic) bond motifs is 1. The fourth-order valence-electron chi connectivity index (χ4n) is 4.23. The van der Waals surface area contributed by atoms with Crippen LogP contribution >= 0.6 is 0 Å². The zero-order valence-electron chi connectivity index (χ0n) is 23.6. The molecule has 0 saturated heterocycles. The van der Waals surface area contributed by atoms with Gasteiger partial charge in [-0.3, -0.25) is 4.79 Å². The second-order valence-corrected chi connectivity index (χ2v) is 9.37. The summed E-state index contributed by atoms with van der Waals surface area (Å²) >= 11 is 0. The highest BCUT2D eigenvalue weighted by molar-refractivity contribution is 6.04. The molecule has 0 aliphatic heterocycles. The smallest absolute Gasteiger partial charge is 0.343 e. The van der Waals surface area contributed by atoms with Gasteiger partial charge in [-0.15, -0.1) is 0 Å². The van der Waals surface area contributed by atoms with Gasteiger partial charge in [0.05, 0.1) is 18.4 Å². The Bertz CT molecular complexity index is 1700. The van der Waals surface area contributed by atoms with Crippen LogP contribution < -0.4 is 24.4 Å². The third kappa shape index (κ3) is 7.98. The largest absolute Gasteiger partial charge is 0.494 e. The molecule has 8 heteroatoms. The highest BCUT2D eigenvalue weighted by Gasteiger charge is 2.14. The van der Waals surface area contributed by atoms with E-state index in [0.717, 1.165) is 16.3 Å². The Hall–Kier alpha value is -5.63. The summed E-state index contributed by atoms with van der Waals surface area (Å²) in [5.74, 6) is 1.21. The third-order valence-corrected chi connectivity index (χ3v) is 6.36. The van der Waals surface area contributed by atoms with Crippen molar-refractivity contribution in [1.82, 2.24) is 5.43 Å². The van der Waals surface area contributed by atoms with Gasteiger partial charge in [0.15, 0.2) is 6.61 Å². The van der Waals surface area contributed by atoms with Crippen molar-refractivity contribution in [3.63, 3.8) is 0 Å². The molecule has 216 valence electrons. The maximum atomic E-state index is 12.9. The van der Waals surface area contributed by atoms with Crippen molar-refractivity contribution >= 4 is 28.9 Å². The van der Waals surface area contributed by atoms with Gasteiger partial charge >= 0.3 is 5.97 Å². The average Bonchev–Trinajstić information content (AvgIpc) is 3.05. The van der Waals surface area contributed by atoms with Crippen LogP contribution in [0, 0.1) is 0 Å². The Morgan fingerprint density at radius 1 is 0.721 bits per heavy atom. The van der Waals surface area contributed by atoms with Gasteiger partial charge in [-0.25, -0.2) is 10.2 Å². The Balaban J connectivity index is 1.19. The van der Waals surface area contributed by atoms with Crippen molar-refractivity contribution in [3.05, 3.63) is 132 Å². The van der Waals surface area contributed by atoms with Crippen LogP contribution in [0.3, 0.4) is 0 Å². The van der Waals surface area contributed by atoms with E-state index in [9.17, 15) is 9.59 Å². The summed E-state index contributed by atoms with van der Waals surface area (Å²) in [5.41, 5.74) is 4.47. The molecule has 0 aliphatic rings. The van der Waals surface area contributed by atoms with Crippen LogP contribution in [-0.2, 0) is 11.4 Å². The molecule has 0 spiro atoms. The number of esters is 1. The van der Waals surface area contributed by atoms with Crippen molar-refractivity contribution < 1.29 is 28.5 Å². The van der Waals surface area contributed by atoms with Crippen LogP contribution in [0.2, 0.25) is 0 Å². The maximum absolute atomic E-state index is 12.9. The Morgan fingerprint density at radius 2 is 1.37 bits per heavy atom. The lowest BCUT2D eigenvalue weighted by molar-refractivity contribution is -0.123. The summed E-state index contributed by atoms with van der Waals surface area (Å²) in [5, 5.41) is 5.85. The number of rotatable bonds is 12. The molecule has 0 aromatic heterocycles. The van der Waals surface area contributed by atoms with Crippen LogP contribution in [0.15, 0.2) is 120 Å². The lowest BCUT2D eigenvalue weighted by Crippen LogP contribution is -2.24. The molecule has 0 bridgehead atoms. The molecule has 8 nitrogen and oxygen atoms in total. The van der Waals surface area contributed by atoms with Gasteiger partial charge in [0, 0.05) is 5.56 Å². The molecular formula is C35H30N2O6. The molecule has 1 N–H and O–H groups in total. The predicted molar refractivity (Wildman–Crippen MR) is 165 cm³/mol. The van der Waals surface area contributed by atoms with E-state index < -0.39 is 11.9 Å². The lowest BCUT2D eigenvalue weighted by Gasteiger charge is -2.11. The van der Waals surface area contributed by atoms with Crippen LogP contribution in [0.25, 0.3) is 10.8 Å². The number of benzene rings is 5. The highest BCUT2D eigenvalue weighted by Crippen LogP contribution is 2.28. The Morgan fingerprint density at radius 3 is 2.12 bits per heavy atom. The number of nitrogens with one attached hydrogen (secondary N) is 1. The monoisotopic (exact) mass is 574 g/mol. The molecular weight excluding hydrogens is 544 g/mol. The second-order valence-electron chi connectivity index (χ2n) is 9.37. The molecule has 0 atom stereocenters. The zero-order chi connectivity index (χ0) is 29.9. The van der Waals surface area contributed by atoms with Gasteiger partial charge in [-0.1, -0.05) is 60.7 Å². The van der Waals surface area contributed by atoms with E-state index in [0.29, 0.717) is 47.3 Å². The molecule has 0 saturated carbocycles. The SMILES string of the molecule is CCOc1ccc(C(=O)Oc2ccc3ccccc3c2/C=N/NC(=O)COc2ccc(OCc3ccccc3)cc2)cc1. The fourth-order valence-corrected chi connectivity index (χ4v) is 4.23. The van der Waals surface area contributed by atoms with E-state index in [2.05, 4.69) is 10.5 Å². The number of hydrazone groups is 1. The quantitative estimate of drug-likeness (QED) is 0.0784. The summed E-state index contributed by atoms with van der Waals surface area (Å²) in [7, 11) is 0.